The molecule has 0 aliphatic carbocycles. The SMILES string of the molecule is CCOc1cc(C2C(C(=O)OCc3ccccc3)=C(C)Nc3nnnn32)ccc1OCc1ccccc1F. The van der Waals surface area contributed by atoms with Crippen molar-refractivity contribution in [2.45, 2.75) is 33.1 Å². The van der Waals surface area contributed by atoms with Gasteiger partial charge in [-0.2, -0.15) is 4.68 Å². The second-order valence-electron chi connectivity index (χ2n) is 8.59. The van der Waals surface area contributed by atoms with Gasteiger partial charge < -0.3 is 19.5 Å². The topological polar surface area (TPSA) is 100 Å². The van der Waals surface area contributed by atoms with Crippen molar-refractivity contribution in [3.63, 3.8) is 0 Å². The number of halogens is 1. The Kier molecular flexibility index (Phi) is 7.30. The van der Waals surface area contributed by atoms with Crippen molar-refractivity contribution < 1.29 is 23.4 Å². The van der Waals surface area contributed by atoms with E-state index in [4.69, 9.17) is 14.2 Å². The number of carbonyl (C=O) groups excluding carboxylic acids is 1. The minimum absolute atomic E-state index is 0.0344. The molecule has 1 aliphatic rings. The van der Waals surface area contributed by atoms with E-state index in [1.54, 1.807) is 43.3 Å². The van der Waals surface area contributed by atoms with Gasteiger partial charge in [0.15, 0.2) is 11.5 Å². The molecule has 1 unspecified atom stereocenters. The maximum absolute atomic E-state index is 14.1. The molecule has 0 amide bonds. The number of esters is 1. The number of carbonyl (C=O) groups is 1. The van der Waals surface area contributed by atoms with Gasteiger partial charge in [-0.1, -0.05) is 59.7 Å². The fourth-order valence-electron chi connectivity index (χ4n) is 4.24. The molecule has 0 saturated carbocycles. The van der Waals surface area contributed by atoms with Crippen molar-refractivity contribution >= 4 is 11.9 Å². The Morgan fingerprint density at radius 1 is 1.00 bits per heavy atom. The predicted molar refractivity (Wildman–Crippen MR) is 137 cm³/mol. The van der Waals surface area contributed by atoms with Gasteiger partial charge in [-0.05, 0) is 53.6 Å². The Balaban J connectivity index is 1.46. The predicted octanol–water partition coefficient (Wildman–Crippen LogP) is 4.82. The molecule has 1 N–H and O–H groups in total. The van der Waals surface area contributed by atoms with E-state index in [1.807, 2.05) is 37.3 Å². The number of allylic oxidation sites excluding steroid dienone is 1. The fraction of sp³-hybridized carbons (Fsp3) is 0.214. The van der Waals surface area contributed by atoms with E-state index in [0.717, 1.165) is 5.56 Å². The molecule has 1 aromatic heterocycles. The first kappa shape index (κ1) is 24.9. The van der Waals surface area contributed by atoms with Gasteiger partial charge in [0, 0.05) is 11.3 Å². The van der Waals surface area contributed by atoms with Gasteiger partial charge in [0.25, 0.3) is 0 Å². The highest BCUT2D eigenvalue weighted by Gasteiger charge is 2.35. The fourth-order valence-corrected chi connectivity index (χ4v) is 4.24. The molecule has 9 nitrogen and oxygen atoms in total. The smallest absolute Gasteiger partial charge is 0.338 e. The Labute approximate surface area is 218 Å². The maximum atomic E-state index is 14.1. The van der Waals surface area contributed by atoms with Crippen LogP contribution >= 0.6 is 0 Å². The summed E-state index contributed by atoms with van der Waals surface area (Å²) in [6.45, 7) is 4.17. The highest BCUT2D eigenvalue weighted by molar-refractivity contribution is 5.92. The van der Waals surface area contributed by atoms with E-state index in [2.05, 4.69) is 20.8 Å². The van der Waals surface area contributed by atoms with Gasteiger partial charge in [0.2, 0.25) is 5.95 Å². The van der Waals surface area contributed by atoms with Crippen molar-refractivity contribution in [3.05, 3.63) is 107 Å². The third-order valence-electron chi connectivity index (χ3n) is 6.07. The average Bonchev–Trinajstić information content (AvgIpc) is 3.40. The summed E-state index contributed by atoms with van der Waals surface area (Å²) in [6.07, 6.45) is 0. The zero-order chi connectivity index (χ0) is 26.5. The molecule has 0 saturated heterocycles. The van der Waals surface area contributed by atoms with Crippen LogP contribution in [-0.2, 0) is 22.7 Å². The van der Waals surface area contributed by atoms with E-state index in [1.165, 1.54) is 10.7 Å². The molecule has 0 bridgehead atoms. The zero-order valence-corrected chi connectivity index (χ0v) is 20.9. The van der Waals surface area contributed by atoms with Crippen LogP contribution in [0.5, 0.6) is 11.5 Å². The van der Waals surface area contributed by atoms with Crippen LogP contribution in [0.15, 0.2) is 84.1 Å². The van der Waals surface area contributed by atoms with Crippen LogP contribution in [-0.4, -0.2) is 32.8 Å². The lowest BCUT2D eigenvalue weighted by Gasteiger charge is -2.28. The lowest BCUT2D eigenvalue weighted by Crippen LogP contribution is -2.29. The highest BCUT2D eigenvalue weighted by Crippen LogP contribution is 2.39. The van der Waals surface area contributed by atoms with Crippen molar-refractivity contribution in [3.8, 4) is 11.5 Å². The lowest BCUT2D eigenvalue weighted by atomic mass is 9.95. The van der Waals surface area contributed by atoms with Gasteiger partial charge in [0.05, 0.1) is 12.2 Å². The van der Waals surface area contributed by atoms with Gasteiger partial charge in [-0.25, -0.2) is 9.18 Å². The van der Waals surface area contributed by atoms with Crippen molar-refractivity contribution in [1.82, 2.24) is 20.2 Å². The number of nitrogens with one attached hydrogen (secondary N) is 1. The van der Waals surface area contributed by atoms with Gasteiger partial charge in [0.1, 0.15) is 25.1 Å². The number of benzene rings is 3. The molecule has 2 heterocycles. The average molecular weight is 516 g/mol. The minimum Gasteiger partial charge on any atom is -0.490 e. The van der Waals surface area contributed by atoms with E-state index < -0.39 is 12.0 Å². The second-order valence-corrected chi connectivity index (χ2v) is 8.59. The number of rotatable bonds is 9. The summed E-state index contributed by atoms with van der Waals surface area (Å²) in [4.78, 5) is 13.4. The Bertz CT molecular complexity index is 1470. The zero-order valence-electron chi connectivity index (χ0n) is 20.9. The van der Waals surface area contributed by atoms with Crippen LogP contribution in [0, 0.1) is 5.82 Å². The van der Waals surface area contributed by atoms with Crippen molar-refractivity contribution in [2.75, 3.05) is 11.9 Å². The third-order valence-corrected chi connectivity index (χ3v) is 6.07. The number of ether oxygens (including phenoxy) is 3. The molecule has 4 aromatic rings. The number of tetrazole rings is 1. The summed E-state index contributed by atoms with van der Waals surface area (Å²) in [6, 6.07) is 20.5. The molecule has 3 aromatic carbocycles. The number of hydrogen-bond donors (Lipinski definition) is 1. The normalized spacial score (nSPS) is 14.4. The second kappa shape index (κ2) is 11.1. The molecule has 0 fully saturated rings. The third kappa shape index (κ3) is 5.19. The summed E-state index contributed by atoms with van der Waals surface area (Å²) in [5.74, 6) is 0.442. The monoisotopic (exact) mass is 515 g/mol. The molecule has 1 aliphatic heterocycles. The van der Waals surface area contributed by atoms with E-state index >= 15 is 0 Å². The first-order chi connectivity index (χ1) is 18.5. The molecular formula is C28H26FN5O4. The van der Waals surface area contributed by atoms with Crippen LogP contribution in [0.3, 0.4) is 0 Å². The summed E-state index contributed by atoms with van der Waals surface area (Å²) >= 11 is 0. The first-order valence-electron chi connectivity index (χ1n) is 12.1. The molecule has 10 heteroatoms. The van der Waals surface area contributed by atoms with Crippen molar-refractivity contribution in [1.29, 1.82) is 0 Å². The maximum Gasteiger partial charge on any atom is 0.338 e. The Morgan fingerprint density at radius 2 is 1.79 bits per heavy atom. The Morgan fingerprint density at radius 3 is 2.58 bits per heavy atom. The van der Waals surface area contributed by atoms with E-state index in [-0.39, 0.29) is 19.0 Å². The molecule has 1 atom stereocenters. The number of anilines is 1. The summed E-state index contributed by atoms with van der Waals surface area (Å²) in [5, 5.41) is 15.0. The molecule has 38 heavy (non-hydrogen) atoms. The van der Waals surface area contributed by atoms with Crippen molar-refractivity contribution in [2.24, 2.45) is 0 Å². The van der Waals surface area contributed by atoms with Crippen LogP contribution in [0.25, 0.3) is 0 Å². The van der Waals surface area contributed by atoms with E-state index in [9.17, 15) is 9.18 Å². The van der Waals surface area contributed by atoms with Crippen LogP contribution < -0.4 is 14.8 Å². The standard InChI is InChI=1S/C28H26FN5O4/c1-3-36-24-15-20(13-14-23(24)37-17-21-11-7-8-12-22(21)29)26-25(18(2)30-28-31-32-33-34(26)28)27(35)38-16-19-9-5-4-6-10-19/h4-15,26H,3,16-17H2,1-2H3,(H,30,31,33). The highest BCUT2D eigenvalue weighted by atomic mass is 19.1. The minimum atomic E-state index is -0.677. The molecular weight excluding hydrogens is 489 g/mol. The molecule has 194 valence electrons. The summed E-state index contributed by atoms with van der Waals surface area (Å²) in [7, 11) is 0. The summed E-state index contributed by atoms with van der Waals surface area (Å²) < 4.78 is 33.1. The Hall–Kier alpha value is -4.73. The molecule has 0 spiro atoms. The van der Waals surface area contributed by atoms with Crippen LogP contribution in [0.1, 0.15) is 36.6 Å². The molecule has 5 rings (SSSR count). The van der Waals surface area contributed by atoms with Gasteiger partial charge >= 0.3 is 5.97 Å². The summed E-state index contributed by atoms with van der Waals surface area (Å²) in [5.41, 5.74) is 2.93. The van der Waals surface area contributed by atoms with Gasteiger partial charge in [-0.15, -0.1) is 0 Å². The first-order valence-corrected chi connectivity index (χ1v) is 12.1. The van der Waals surface area contributed by atoms with E-state index in [0.29, 0.717) is 46.5 Å². The quantitative estimate of drug-likeness (QED) is 0.317. The number of aromatic nitrogens is 4. The number of nitrogens with zero attached hydrogens (tertiary/aromatic N) is 4. The van der Waals surface area contributed by atoms with Crippen LogP contribution in [0.4, 0.5) is 10.3 Å². The largest absolute Gasteiger partial charge is 0.490 e. The van der Waals surface area contributed by atoms with Gasteiger partial charge in [-0.3, -0.25) is 0 Å². The molecule has 0 radical (unpaired) electrons. The lowest BCUT2D eigenvalue weighted by molar-refractivity contribution is -0.140. The number of fused-ring (bicyclic) bond motifs is 1. The van der Waals surface area contributed by atoms with Crippen LogP contribution in [0.2, 0.25) is 0 Å². The number of hydrogen-bond acceptors (Lipinski definition) is 8.